The molecule has 0 saturated heterocycles. The minimum absolute atomic E-state index is 0.221. The standard InChI is InChI=1S/C16H27ClN2/c1-5-13(18)10-12-8-9-16(15(17)11-12)19(4)14(6-2)7-3/h8-9,11,13-14H,5-7,10,18H2,1-4H3. The van der Waals surface area contributed by atoms with E-state index in [1.165, 1.54) is 5.56 Å². The van der Waals surface area contributed by atoms with Crippen LogP contribution in [0.2, 0.25) is 5.02 Å². The summed E-state index contributed by atoms with van der Waals surface area (Å²) < 4.78 is 0. The van der Waals surface area contributed by atoms with Crippen molar-refractivity contribution >= 4 is 17.3 Å². The summed E-state index contributed by atoms with van der Waals surface area (Å²) >= 11 is 6.43. The fourth-order valence-electron chi connectivity index (χ4n) is 2.44. The van der Waals surface area contributed by atoms with E-state index in [2.05, 4.69) is 50.9 Å². The third-order valence-corrected chi connectivity index (χ3v) is 4.21. The first-order valence-electron chi connectivity index (χ1n) is 7.30. The third-order valence-electron chi connectivity index (χ3n) is 3.90. The largest absolute Gasteiger partial charge is 0.370 e. The number of halogens is 1. The minimum Gasteiger partial charge on any atom is -0.370 e. The first-order chi connectivity index (χ1) is 9.03. The SMILES string of the molecule is CCC(N)Cc1ccc(N(C)C(CC)CC)c(Cl)c1. The molecule has 0 saturated carbocycles. The van der Waals surface area contributed by atoms with Crippen molar-refractivity contribution in [1.29, 1.82) is 0 Å². The average molecular weight is 283 g/mol. The Morgan fingerprint density at radius 1 is 1.16 bits per heavy atom. The van der Waals surface area contributed by atoms with E-state index >= 15 is 0 Å². The van der Waals surface area contributed by atoms with E-state index in [9.17, 15) is 0 Å². The molecule has 0 heterocycles. The number of rotatable bonds is 7. The lowest BCUT2D eigenvalue weighted by Crippen LogP contribution is -2.30. The Labute approximate surface area is 122 Å². The van der Waals surface area contributed by atoms with Crippen LogP contribution in [0.25, 0.3) is 0 Å². The van der Waals surface area contributed by atoms with Gasteiger partial charge < -0.3 is 10.6 Å². The van der Waals surface area contributed by atoms with Gasteiger partial charge in [-0.15, -0.1) is 0 Å². The molecule has 1 atom stereocenters. The lowest BCUT2D eigenvalue weighted by Gasteiger charge is -2.29. The van der Waals surface area contributed by atoms with Gasteiger partial charge in [0.25, 0.3) is 0 Å². The summed E-state index contributed by atoms with van der Waals surface area (Å²) in [4.78, 5) is 2.28. The van der Waals surface area contributed by atoms with E-state index in [0.717, 1.165) is 36.4 Å². The summed E-state index contributed by atoms with van der Waals surface area (Å²) in [6.07, 6.45) is 4.15. The van der Waals surface area contributed by atoms with E-state index in [1.54, 1.807) is 0 Å². The Bertz CT molecular complexity index is 388. The molecule has 0 spiro atoms. The molecule has 2 N–H and O–H groups in total. The molecule has 2 nitrogen and oxygen atoms in total. The van der Waals surface area contributed by atoms with Gasteiger partial charge in [-0.05, 0) is 43.4 Å². The number of nitrogens with zero attached hydrogens (tertiary/aromatic N) is 1. The minimum atomic E-state index is 0.221. The number of hydrogen-bond acceptors (Lipinski definition) is 2. The highest BCUT2D eigenvalue weighted by atomic mass is 35.5. The summed E-state index contributed by atoms with van der Waals surface area (Å²) in [5.74, 6) is 0. The summed E-state index contributed by atoms with van der Waals surface area (Å²) in [6.45, 7) is 6.54. The number of nitrogens with two attached hydrogens (primary N) is 1. The molecule has 108 valence electrons. The van der Waals surface area contributed by atoms with Crippen molar-refractivity contribution in [3.8, 4) is 0 Å². The van der Waals surface area contributed by atoms with Crippen LogP contribution in [0.1, 0.15) is 45.6 Å². The molecule has 0 bridgehead atoms. The van der Waals surface area contributed by atoms with E-state index in [0.29, 0.717) is 6.04 Å². The van der Waals surface area contributed by atoms with Gasteiger partial charge >= 0.3 is 0 Å². The van der Waals surface area contributed by atoms with Crippen molar-refractivity contribution in [1.82, 2.24) is 0 Å². The molecule has 0 aromatic heterocycles. The molecule has 0 aliphatic rings. The van der Waals surface area contributed by atoms with Gasteiger partial charge in [-0.3, -0.25) is 0 Å². The quantitative estimate of drug-likeness (QED) is 0.810. The topological polar surface area (TPSA) is 29.3 Å². The van der Waals surface area contributed by atoms with Gasteiger partial charge in [0.05, 0.1) is 10.7 Å². The fourth-order valence-corrected chi connectivity index (χ4v) is 2.78. The van der Waals surface area contributed by atoms with Crippen LogP contribution in [0.3, 0.4) is 0 Å². The Morgan fingerprint density at radius 3 is 2.26 bits per heavy atom. The zero-order valence-corrected chi connectivity index (χ0v) is 13.4. The van der Waals surface area contributed by atoms with Crippen molar-refractivity contribution in [2.75, 3.05) is 11.9 Å². The first kappa shape index (κ1) is 16.3. The number of anilines is 1. The molecule has 0 fully saturated rings. The van der Waals surface area contributed by atoms with E-state index in [-0.39, 0.29) is 6.04 Å². The molecule has 19 heavy (non-hydrogen) atoms. The van der Waals surface area contributed by atoms with E-state index < -0.39 is 0 Å². The zero-order chi connectivity index (χ0) is 14.4. The molecular weight excluding hydrogens is 256 g/mol. The fraction of sp³-hybridized carbons (Fsp3) is 0.625. The smallest absolute Gasteiger partial charge is 0.0642 e. The van der Waals surface area contributed by atoms with Crippen molar-refractivity contribution in [2.45, 2.75) is 58.5 Å². The van der Waals surface area contributed by atoms with E-state index in [1.807, 2.05) is 0 Å². The van der Waals surface area contributed by atoms with Crippen LogP contribution in [0.15, 0.2) is 18.2 Å². The Balaban J connectivity index is 2.87. The predicted octanol–water partition coefficient (Wildman–Crippen LogP) is 4.24. The van der Waals surface area contributed by atoms with Gasteiger partial charge in [0.2, 0.25) is 0 Å². The van der Waals surface area contributed by atoms with Gasteiger partial charge in [0, 0.05) is 19.1 Å². The van der Waals surface area contributed by atoms with Crippen molar-refractivity contribution in [2.24, 2.45) is 5.73 Å². The third kappa shape index (κ3) is 4.39. The summed E-state index contributed by atoms with van der Waals surface area (Å²) in [5.41, 5.74) is 8.33. The lowest BCUT2D eigenvalue weighted by atomic mass is 10.0. The van der Waals surface area contributed by atoms with Gasteiger partial charge in [0.15, 0.2) is 0 Å². The molecule has 0 aliphatic heterocycles. The summed E-state index contributed by atoms with van der Waals surface area (Å²) in [7, 11) is 2.12. The molecule has 3 heteroatoms. The highest BCUT2D eigenvalue weighted by molar-refractivity contribution is 6.33. The maximum absolute atomic E-state index is 6.43. The second kappa shape index (κ2) is 7.76. The van der Waals surface area contributed by atoms with Gasteiger partial charge in [0.1, 0.15) is 0 Å². The van der Waals surface area contributed by atoms with Gasteiger partial charge in [-0.25, -0.2) is 0 Å². The second-order valence-electron chi connectivity index (χ2n) is 5.24. The second-order valence-corrected chi connectivity index (χ2v) is 5.65. The van der Waals surface area contributed by atoms with Crippen LogP contribution in [0.4, 0.5) is 5.69 Å². The monoisotopic (exact) mass is 282 g/mol. The lowest BCUT2D eigenvalue weighted by molar-refractivity contribution is 0.591. The van der Waals surface area contributed by atoms with Gasteiger partial charge in [-0.2, -0.15) is 0 Å². The zero-order valence-electron chi connectivity index (χ0n) is 12.6. The predicted molar refractivity (Wildman–Crippen MR) is 86.2 cm³/mol. The molecule has 1 aromatic rings. The normalized spacial score (nSPS) is 12.8. The highest BCUT2D eigenvalue weighted by Gasteiger charge is 2.14. The van der Waals surface area contributed by atoms with Crippen molar-refractivity contribution < 1.29 is 0 Å². The molecule has 1 rings (SSSR count). The van der Waals surface area contributed by atoms with Crippen LogP contribution in [0, 0.1) is 0 Å². The summed E-state index contributed by atoms with van der Waals surface area (Å²) in [6, 6.07) is 7.10. The molecular formula is C16H27ClN2. The van der Waals surface area contributed by atoms with Gasteiger partial charge in [-0.1, -0.05) is 38.4 Å². The molecule has 1 unspecified atom stereocenters. The summed E-state index contributed by atoms with van der Waals surface area (Å²) in [5, 5.41) is 0.829. The van der Waals surface area contributed by atoms with Crippen LogP contribution in [-0.4, -0.2) is 19.1 Å². The maximum Gasteiger partial charge on any atom is 0.0642 e. The van der Waals surface area contributed by atoms with E-state index in [4.69, 9.17) is 17.3 Å². The Hall–Kier alpha value is -0.730. The van der Waals surface area contributed by atoms with Crippen LogP contribution in [0.5, 0.6) is 0 Å². The van der Waals surface area contributed by atoms with Crippen LogP contribution in [-0.2, 0) is 6.42 Å². The average Bonchev–Trinajstić information content (AvgIpc) is 2.40. The Kier molecular flexibility index (Phi) is 6.67. The van der Waals surface area contributed by atoms with Crippen molar-refractivity contribution in [3.63, 3.8) is 0 Å². The van der Waals surface area contributed by atoms with Crippen LogP contribution < -0.4 is 10.6 Å². The first-order valence-corrected chi connectivity index (χ1v) is 7.68. The highest BCUT2D eigenvalue weighted by Crippen LogP contribution is 2.29. The number of hydrogen-bond donors (Lipinski definition) is 1. The van der Waals surface area contributed by atoms with Crippen LogP contribution >= 0.6 is 11.6 Å². The molecule has 0 amide bonds. The molecule has 0 aliphatic carbocycles. The maximum atomic E-state index is 6.43. The van der Waals surface area contributed by atoms with Crippen molar-refractivity contribution in [3.05, 3.63) is 28.8 Å². The number of benzene rings is 1. The molecule has 1 aromatic carbocycles. The molecule has 0 radical (unpaired) electrons. The Morgan fingerprint density at radius 2 is 1.79 bits per heavy atom.